The average Bonchev–Trinajstić information content (AvgIpc) is 2.10. The molecule has 4 heteroatoms. The largest absolute Gasteiger partial charge is 0.397 e. The molecular formula is C10H13ClN2O. The number of nitrogens with two attached hydrogens (primary N) is 1. The summed E-state index contributed by atoms with van der Waals surface area (Å²) in [6, 6.07) is 5.01. The Morgan fingerprint density at radius 3 is 2.86 bits per heavy atom. The van der Waals surface area contributed by atoms with E-state index in [0.29, 0.717) is 22.8 Å². The molecule has 0 spiro atoms. The minimum absolute atomic E-state index is 0.0264. The Bertz CT molecular complexity index is 339. The zero-order valence-corrected chi connectivity index (χ0v) is 8.77. The summed E-state index contributed by atoms with van der Waals surface area (Å²) in [5.41, 5.74) is 6.77. The number of nitrogens with one attached hydrogen (secondary N) is 1. The standard InChI is InChI=1S/C10H13ClN2O/c1-2-3-10(14)13-9-5-4-7(11)6-8(9)12/h4-6H,2-3,12H2,1H3,(H,13,14). The fraction of sp³-hybridized carbons (Fsp3) is 0.300. The van der Waals surface area contributed by atoms with Crippen LogP contribution in [0.4, 0.5) is 11.4 Å². The number of nitrogen functional groups attached to an aromatic ring is 1. The molecule has 0 aliphatic heterocycles. The van der Waals surface area contributed by atoms with Crippen molar-refractivity contribution in [2.45, 2.75) is 19.8 Å². The van der Waals surface area contributed by atoms with E-state index in [1.165, 1.54) is 0 Å². The highest BCUT2D eigenvalue weighted by Gasteiger charge is 2.03. The monoisotopic (exact) mass is 212 g/mol. The number of rotatable bonds is 3. The molecular weight excluding hydrogens is 200 g/mol. The summed E-state index contributed by atoms with van der Waals surface area (Å²) in [7, 11) is 0. The van der Waals surface area contributed by atoms with Crippen LogP contribution in [0.5, 0.6) is 0 Å². The highest BCUT2D eigenvalue weighted by molar-refractivity contribution is 6.31. The Morgan fingerprint density at radius 1 is 1.57 bits per heavy atom. The molecule has 0 radical (unpaired) electrons. The zero-order valence-electron chi connectivity index (χ0n) is 8.01. The molecule has 76 valence electrons. The second-order valence-electron chi connectivity index (χ2n) is 3.03. The molecule has 0 aromatic heterocycles. The van der Waals surface area contributed by atoms with Gasteiger partial charge in [-0.25, -0.2) is 0 Å². The van der Waals surface area contributed by atoms with E-state index in [0.717, 1.165) is 6.42 Å². The van der Waals surface area contributed by atoms with Crippen molar-refractivity contribution in [3.8, 4) is 0 Å². The molecule has 0 atom stereocenters. The van der Waals surface area contributed by atoms with Crippen LogP contribution in [-0.4, -0.2) is 5.91 Å². The lowest BCUT2D eigenvalue weighted by atomic mass is 10.2. The van der Waals surface area contributed by atoms with Gasteiger partial charge in [0.15, 0.2) is 0 Å². The van der Waals surface area contributed by atoms with Crippen LogP contribution < -0.4 is 11.1 Å². The van der Waals surface area contributed by atoms with Crippen LogP contribution in [0, 0.1) is 0 Å². The first-order valence-corrected chi connectivity index (χ1v) is 4.86. The lowest BCUT2D eigenvalue weighted by Crippen LogP contribution is -2.11. The van der Waals surface area contributed by atoms with Gasteiger partial charge < -0.3 is 11.1 Å². The lowest BCUT2D eigenvalue weighted by molar-refractivity contribution is -0.116. The van der Waals surface area contributed by atoms with E-state index >= 15 is 0 Å². The van der Waals surface area contributed by atoms with Gasteiger partial charge in [0.05, 0.1) is 11.4 Å². The predicted molar refractivity (Wildman–Crippen MR) is 59.4 cm³/mol. The van der Waals surface area contributed by atoms with E-state index in [2.05, 4.69) is 5.32 Å². The van der Waals surface area contributed by atoms with Crippen LogP contribution >= 0.6 is 11.6 Å². The number of carbonyl (C=O) groups is 1. The van der Waals surface area contributed by atoms with Gasteiger partial charge in [0, 0.05) is 11.4 Å². The Morgan fingerprint density at radius 2 is 2.29 bits per heavy atom. The number of hydrogen-bond acceptors (Lipinski definition) is 2. The third-order valence-corrected chi connectivity index (χ3v) is 2.00. The van der Waals surface area contributed by atoms with Crippen molar-refractivity contribution < 1.29 is 4.79 Å². The second kappa shape index (κ2) is 4.86. The molecule has 1 rings (SSSR count). The molecule has 0 saturated heterocycles. The van der Waals surface area contributed by atoms with Gasteiger partial charge in [-0.1, -0.05) is 18.5 Å². The molecule has 0 bridgehead atoms. The predicted octanol–water partition coefficient (Wildman–Crippen LogP) is 2.66. The minimum Gasteiger partial charge on any atom is -0.397 e. The van der Waals surface area contributed by atoms with Gasteiger partial charge >= 0.3 is 0 Å². The molecule has 3 nitrogen and oxygen atoms in total. The number of carbonyl (C=O) groups excluding carboxylic acids is 1. The van der Waals surface area contributed by atoms with Crippen LogP contribution in [0.15, 0.2) is 18.2 Å². The van der Waals surface area contributed by atoms with Crippen molar-refractivity contribution in [1.29, 1.82) is 0 Å². The van der Waals surface area contributed by atoms with Gasteiger partial charge in [0.1, 0.15) is 0 Å². The van der Waals surface area contributed by atoms with Crippen LogP contribution in [-0.2, 0) is 4.79 Å². The molecule has 0 unspecified atom stereocenters. The van der Waals surface area contributed by atoms with Gasteiger partial charge in [-0.3, -0.25) is 4.79 Å². The number of benzene rings is 1. The van der Waals surface area contributed by atoms with Crippen LogP contribution in [0.3, 0.4) is 0 Å². The first-order chi connectivity index (χ1) is 6.63. The van der Waals surface area contributed by atoms with Gasteiger partial charge in [-0.15, -0.1) is 0 Å². The minimum atomic E-state index is -0.0264. The van der Waals surface area contributed by atoms with Crippen LogP contribution in [0.1, 0.15) is 19.8 Å². The topological polar surface area (TPSA) is 55.1 Å². The molecule has 1 aromatic rings. The third-order valence-electron chi connectivity index (χ3n) is 1.76. The molecule has 0 fully saturated rings. The number of amides is 1. The molecule has 14 heavy (non-hydrogen) atoms. The number of anilines is 2. The maximum Gasteiger partial charge on any atom is 0.224 e. The first-order valence-electron chi connectivity index (χ1n) is 4.48. The fourth-order valence-corrected chi connectivity index (χ4v) is 1.27. The maximum absolute atomic E-state index is 11.2. The molecule has 0 saturated carbocycles. The number of halogens is 1. The maximum atomic E-state index is 11.2. The quantitative estimate of drug-likeness (QED) is 0.757. The Hall–Kier alpha value is -1.22. The average molecular weight is 213 g/mol. The van der Waals surface area contributed by atoms with Crippen LogP contribution in [0.2, 0.25) is 5.02 Å². The number of hydrogen-bond donors (Lipinski definition) is 2. The molecule has 0 aliphatic carbocycles. The van der Waals surface area contributed by atoms with E-state index in [9.17, 15) is 4.79 Å². The summed E-state index contributed by atoms with van der Waals surface area (Å²) in [6.07, 6.45) is 1.32. The van der Waals surface area contributed by atoms with Crippen molar-refractivity contribution in [2.24, 2.45) is 0 Å². The van der Waals surface area contributed by atoms with Crippen molar-refractivity contribution in [3.63, 3.8) is 0 Å². The van der Waals surface area contributed by atoms with Crippen molar-refractivity contribution in [2.75, 3.05) is 11.1 Å². The molecule has 1 aromatic carbocycles. The summed E-state index contributed by atoms with van der Waals surface area (Å²) in [5, 5.41) is 3.28. The van der Waals surface area contributed by atoms with Crippen molar-refractivity contribution >= 4 is 28.9 Å². The zero-order chi connectivity index (χ0) is 10.6. The normalized spacial score (nSPS) is 9.86. The van der Waals surface area contributed by atoms with E-state index in [-0.39, 0.29) is 5.91 Å². The van der Waals surface area contributed by atoms with Crippen molar-refractivity contribution in [1.82, 2.24) is 0 Å². The Balaban J connectivity index is 2.72. The molecule has 0 aliphatic rings. The lowest BCUT2D eigenvalue weighted by Gasteiger charge is -2.07. The fourth-order valence-electron chi connectivity index (χ4n) is 1.09. The van der Waals surface area contributed by atoms with E-state index < -0.39 is 0 Å². The highest BCUT2D eigenvalue weighted by atomic mass is 35.5. The van der Waals surface area contributed by atoms with Gasteiger partial charge in [-0.2, -0.15) is 0 Å². The highest BCUT2D eigenvalue weighted by Crippen LogP contribution is 2.22. The van der Waals surface area contributed by atoms with Crippen LogP contribution in [0.25, 0.3) is 0 Å². The summed E-state index contributed by atoms with van der Waals surface area (Å²) < 4.78 is 0. The van der Waals surface area contributed by atoms with Gasteiger partial charge in [0.25, 0.3) is 0 Å². The van der Waals surface area contributed by atoms with Crippen molar-refractivity contribution in [3.05, 3.63) is 23.2 Å². The molecule has 1 amide bonds. The first kappa shape index (κ1) is 10.9. The second-order valence-corrected chi connectivity index (χ2v) is 3.47. The Kier molecular flexibility index (Phi) is 3.77. The van der Waals surface area contributed by atoms with Gasteiger partial charge in [-0.05, 0) is 24.6 Å². The molecule has 0 heterocycles. The summed E-state index contributed by atoms with van der Waals surface area (Å²) in [6.45, 7) is 1.95. The summed E-state index contributed by atoms with van der Waals surface area (Å²) in [5.74, 6) is -0.0264. The summed E-state index contributed by atoms with van der Waals surface area (Å²) >= 11 is 5.72. The smallest absolute Gasteiger partial charge is 0.224 e. The SMILES string of the molecule is CCCC(=O)Nc1ccc(Cl)cc1N. The van der Waals surface area contributed by atoms with E-state index in [1.54, 1.807) is 18.2 Å². The summed E-state index contributed by atoms with van der Waals surface area (Å²) in [4.78, 5) is 11.2. The van der Waals surface area contributed by atoms with Gasteiger partial charge in [0.2, 0.25) is 5.91 Å². The van der Waals surface area contributed by atoms with E-state index in [1.807, 2.05) is 6.92 Å². The van der Waals surface area contributed by atoms with E-state index in [4.69, 9.17) is 17.3 Å². The Labute approximate surface area is 88.2 Å². The molecule has 3 N–H and O–H groups in total. The third kappa shape index (κ3) is 2.92.